The number of carboxylic acid groups (broad SMARTS) is 2. The largest absolute Gasteiger partial charge is 1.00 e. The summed E-state index contributed by atoms with van der Waals surface area (Å²) in [6.07, 6.45) is -1.15. The summed E-state index contributed by atoms with van der Waals surface area (Å²) in [6, 6.07) is -1.68. The number of rotatable bonds is 10. The molecule has 166 valence electrons. The molecule has 1 rings (SSSR count). The van der Waals surface area contributed by atoms with Crippen LogP contribution in [0.2, 0.25) is 0 Å². The van der Waals surface area contributed by atoms with Crippen LogP contribution in [-0.4, -0.2) is 49.0 Å². The van der Waals surface area contributed by atoms with Gasteiger partial charge in [-0.1, -0.05) is 0 Å². The quantitative estimate of drug-likeness (QED) is 0.230. The molecule has 0 aromatic rings. The van der Waals surface area contributed by atoms with Crippen LogP contribution in [0.25, 0.3) is 0 Å². The molecule has 1 unspecified atom stereocenters. The van der Waals surface area contributed by atoms with Gasteiger partial charge in [0.1, 0.15) is 5.92 Å². The van der Waals surface area contributed by atoms with Crippen LogP contribution in [0, 0.1) is 5.92 Å². The Hall–Kier alpha value is -1.37. The van der Waals surface area contributed by atoms with E-state index in [0.29, 0.717) is 0 Å². The molecule has 13 heteroatoms. The van der Waals surface area contributed by atoms with Gasteiger partial charge in [0.05, 0.1) is 36.4 Å². The first kappa shape index (κ1) is 32.8. The first-order valence-corrected chi connectivity index (χ1v) is 9.28. The van der Waals surface area contributed by atoms with E-state index in [-0.39, 0.29) is 94.9 Å². The average Bonchev–Trinajstić information content (AvgIpc) is 2.63. The molecule has 32 heavy (non-hydrogen) atoms. The molecule has 0 aliphatic carbocycles. The molecule has 0 spiro atoms. The van der Waals surface area contributed by atoms with Crippen molar-refractivity contribution in [2.45, 2.75) is 46.6 Å². The molecule has 1 aliphatic rings. The number of carboxylic acids is 2. The Balaban J connectivity index is 0. The van der Waals surface area contributed by atoms with Gasteiger partial charge in [0.15, 0.2) is 0 Å². The van der Waals surface area contributed by atoms with Crippen molar-refractivity contribution in [2.75, 3.05) is 13.2 Å². The molecule has 1 aliphatic heterocycles. The van der Waals surface area contributed by atoms with Crippen LogP contribution in [0.4, 0.5) is 0 Å². The fourth-order valence-corrected chi connectivity index (χ4v) is 2.98. The van der Waals surface area contributed by atoms with Gasteiger partial charge in [-0.2, -0.15) is 0 Å². The predicted octanol–water partition coefficient (Wildman–Crippen LogP) is -8.35. The van der Waals surface area contributed by atoms with Gasteiger partial charge < -0.3 is 39.9 Å². The third kappa shape index (κ3) is 8.87. The SMILES string of the molecule is CCOC(=O)C1=C(C)NC(C)=C(C(=O)OCC)C1C(=O)NC(CCC(=O)[O-])C(=O)[O-].[Na+].[Na+]. The van der Waals surface area contributed by atoms with E-state index in [1.807, 2.05) is 0 Å². The molecule has 0 saturated heterocycles. The number of esters is 2. The van der Waals surface area contributed by atoms with Crippen molar-refractivity contribution in [3.05, 3.63) is 22.5 Å². The van der Waals surface area contributed by atoms with E-state index in [2.05, 4.69) is 10.6 Å². The zero-order valence-electron chi connectivity index (χ0n) is 19.2. The van der Waals surface area contributed by atoms with E-state index in [4.69, 9.17) is 9.47 Å². The zero-order chi connectivity index (χ0) is 23.0. The monoisotopic (exact) mass is 470 g/mol. The molecule has 2 N–H and O–H groups in total. The number of hydrogen-bond donors (Lipinski definition) is 2. The van der Waals surface area contributed by atoms with E-state index in [0.717, 1.165) is 0 Å². The first-order valence-electron chi connectivity index (χ1n) is 9.28. The first-order chi connectivity index (χ1) is 14.0. The standard InChI is InChI=1S/C19H26N2O9.2Na/c1-5-29-18(27)13-9(3)20-10(4)14(19(28)30-6-2)15(13)16(24)21-11(17(25)26)7-8-12(22)23;;/h11,15,20H,5-8H2,1-4H3,(H,21,24)(H,22,23)(H,25,26);;/q;2*+1/p-2. The summed E-state index contributed by atoms with van der Waals surface area (Å²) in [6.45, 7) is 6.08. The Kier molecular flexibility index (Phi) is 15.9. The topological polar surface area (TPSA) is 174 Å². The molecule has 1 heterocycles. The van der Waals surface area contributed by atoms with Gasteiger partial charge >= 0.3 is 71.1 Å². The molecule has 0 radical (unpaired) electrons. The van der Waals surface area contributed by atoms with Crippen LogP contribution < -0.4 is 80.0 Å². The van der Waals surface area contributed by atoms with E-state index >= 15 is 0 Å². The molecule has 0 aromatic heterocycles. The normalized spacial score (nSPS) is 14.2. The van der Waals surface area contributed by atoms with E-state index < -0.39 is 54.6 Å². The number of carbonyl (C=O) groups is 5. The van der Waals surface area contributed by atoms with Crippen molar-refractivity contribution >= 4 is 29.8 Å². The number of ether oxygens (including phenoxy) is 2. The molecule has 0 saturated carbocycles. The minimum atomic E-state index is -1.73. The van der Waals surface area contributed by atoms with Gasteiger partial charge in [0.25, 0.3) is 0 Å². The summed E-state index contributed by atoms with van der Waals surface area (Å²) < 4.78 is 9.96. The van der Waals surface area contributed by atoms with Gasteiger partial charge in [-0.3, -0.25) is 4.79 Å². The average molecular weight is 470 g/mol. The zero-order valence-corrected chi connectivity index (χ0v) is 23.2. The number of aliphatic carboxylic acids is 2. The second-order valence-corrected chi connectivity index (χ2v) is 6.37. The van der Waals surface area contributed by atoms with Crippen molar-refractivity contribution < 1.29 is 103 Å². The smallest absolute Gasteiger partial charge is 0.550 e. The Morgan fingerprint density at radius 3 is 1.72 bits per heavy atom. The number of allylic oxidation sites excluding steroid dienone is 2. The fraction of sp³-hybridized carbons (Fsp3) is 0.526. The Labute approximate surface area is 229 Å². The van der Waals surface area contributed by atoms with Gasteiger partial charge in [0, 0.05) is 17.4 Å². The maximum Gasteiger partial charge on any atom is 1.00 e. The van der Waals surface area contributed by atoms with Crippen molar-refractivity contribution in [3.8, 4) is 0 Å². The molecule has 0 aromatic carbocycles. The maximum absolute atomic E-state index is 13.0. The van der Waals surface area contributed by atoms with Crippen LogP contribution in [0.5, 0.6) is 0 Å². The summed E-state index contributed by atoms with van der Waals surface area (Å²) in [5.74, 6) is -7.55. The molecule has 1 amide bonds. The molecular formula is C19H24N2Na2O9. The molecule has 11 nitrogen and oxygen atoms in total. The van der Waals surface area contributed by atoms with Crippen LogP contribution in [-0.2, 0) is 33.4 Å². The third-order valence-corrected chi connectivity index (χ3v) is 4.25. The summed E-state index contributed by atoms with van der Waals surface area (Å²) in [4.78, 5) is 60.0. The third-order valence-electron chi connectivity index (χ3n) is 4.25. The molecule has 0 fully saturated rings. The number of hydrogen-bond acceptors (Lipinski definition) is 10. The summed E-state index contributed by atoms with van der Waals surface area (Å²) in [5, 5.41) is 26.9. The van der Waals surface area contributed by atoms with Gasteiger partial charge in [0.2, 0.25) is 5.91 Å². The van der Waals surface area contributed by atoms with Crippen LogP contribution in [0.3, 0.4) is 0 Å². The van der Waals surface area contributed by atoms with Crippen LogP contribution in [0.15, 0.2) is 22.5 Å². The van der Waals surface area contributed by atoms with Crippen LogP contribution >= 0.6 is 0 Å². The Bertz CT molecular complexity index is 769. The van der Waals surface area contributed by atoms with Gasteiger partial charge in [-0.15, -0.1) is 0 Å². The van der Waals surface area contributed by atoms with Crippen LogP contribution in [0.1, 0.15) is 40.5 Å². The number of amides is 1. The van der Waals surface area contributed by atoms with Gasteiger partial charge in [-0.05, 0) is 40.5 Å². The molecular weight excluding hydrogens is 446 g/mol. The van der Waals surface area contributed by atoms with Crippen molar-refractivity contribution in [3.63, 3.8) is 0 Å². The minimum absolute atomic E-state index is 0. The summed E-state index contributed by atoms with van der Waals surface area (Å²) in [5.41, 5.74) is 0.0813. The van der Waals surface area contributed by atoms with Gasteiger partial charge in [-0.25, -0.2) is 9.59 Å². The number of carbonyl (C=O) groups excluding carboxylic acids is 5. The second-order valence-electron chi connectivity index (χ2n) is 6.37. The van der Waals surface area contributed by atoms with Crippen molar-refractivity contribution in [1.29, 1.82) is 0 Å². The van der Waals surface area contributed by atoms with Crippen molar-refractivity contribution in [1.82, 2.24) is 10.6 Å². The van der Waals surface area contributed by atoms with Crippen molar-refractivity contribution in [2.24, 2.45) is 5.92 Å². The number of nitrogens with one attached hydrogen (secondary N) is 2. The summed E-state index contributed by atoms with van der Waals surface area (Å²) in [7, 11) is 0. The van der Waals surface area contributed by atoms with E-state index in [1.165, 1.54) is 13.8 Å². The second kappa shape index (κ2) is 15.5. The maximum atomic E-state index is 13.0. The Morgan fingerprint density at radius 2 is 1.38 bits per heavy atom. The van der Waals surface area contributed by atoms with E-state index in [9.17, 15) is 34.2 Å². The van der Waals surface area contributed by atoms with E-state index in [1.54, 1.807) is 13.8 Å². The Morgan fingerprint density at radius 1 is 0.938 bits per heavy atom. The fourth-order valence-electron chi connectivity index (χ4n) is 2.98. The molecule has 1 atom stereocenters. The molecule has 0 bridgehead atoms. The minimum Gasteiger partial charge on any atom is -0.550 e. The number of dihydropyridines is 1. The summed E-state index contributed by atoms with van der Waals surface area (Å²) >= 11 is 0. The predicted molar refractivity (Wildman–Crippen MR) is 96.5 cm³/mol.